The summed E-state index contributed by atoms with van der Waals surface area (Å²) in [4.78, 5) is 28.6. The van der Waals surface area contributed by atoms with Crippen molar-refractivity contribution in [3.05, 3.63) is 64.5 Å². The van der Waals surface area contributed by atoms with Gasteiger partial charge in [-0.25, -0.2) is 9.59 Å². The van der Waals surface area contributed by atoms with Crippen LogP contribution in [0.15, 0.2) is 57.7 Å². The minimum absolute atomic E-state index is 0.256. The fourth-order valence-electron chi connectivity index (χ4n) is 3.54. The topological polar surface area (TPSA) is 65.8 Å². The van der Waals surface area contributed by atoms with E-state index in [4.69, 9.17) is 4.42 Å². The van der Waals surface area contributed by atoms with Gasteiger partial charge in [-0.2, -0.15) is 0 Å². The van der Waals surface area contributed by atoms with Crippen molar-refractivity contribution in [2.45, 2.75) is 20.4 Å². The summed E-state index contributed by atoms with van der Waals surface area (Å²) in [6, 6.07) is 14.6. The van der Waals surface area contributed by atoms with Gasteiger partial charge in [-0.15, -0.1) is 0 Å². The molecule has 0 bridgehead atoms. The molecule has 0 saturated carbocycles. The fraction of sp³-hybridized carbons (Fsp3) is 0.238. The SMILES string of the molecule is CCN(CC)c1ccc2c(N3Cc4ccccc4NC3=O)cc(=O)oc2c1. The highest BCUT2D eigenvalue weighted by molar-refractivity contribution is 6.08. The molecule has 6 nitrogen and oxygen atoms in total. The third kappa shape index (κ3) is 3.03. The Bertz CT molecular complexity index is 1070. The van der Waals surface area contributed by atoms with Gasteiger partial charge in [-0.3, -0.25) is 4.90 Å². The van der Waals surface area contributed by atoms with Crippen molar-refractivity contribution < 1.29 is 9.21 Å². The second kappa shape index (κ2) is 6.79. The summed E-state index contributed by atoms with van der Waals surface area (Å²) in [5.41, 5.74) is 3.35. The molecule has 4 rings (SSSR count). The number of hydrogen-bond donors (Lipinski definition) is 1. The molecule has 1 aliphatic heterocycles. The molecular formula is C21H21N3O3. The van der Waals surface area contributed by atoms with Gasteiger partial charge in [-0.05, 0) is 37.6 Å². The van der Waals surface area contributed by atoms with E-state index in [0.717, 1.165) is 35.4 Å². The van der Waals surface area contributed by atoms with Crippen LogP contribution in [-0.2, 0) is 6.54 Å². The monoisotopic (exact) mass is 363 g/mol. The molecule has 1 N–H and O–H groups in total. The van der Waals surface area contributed by atoms with Crippen LogP contribution in [0.4, 0.5) is 21.9 Å². The molecule has 0 aliphatic carbocycles. The van der Waals surface area contributed by atoms with Crippen LogP contribution in [-0.4, -0.2) is 19.1 Å². The number of carbonyl (C=O) groups excluding carboxylic acids is 1. The summed E-state index contributed by atoms with van der Waals surface area (Å²) < 4.78 is 5.44. The van der Waals surface area contributed by atoms with Gasteiger partial charge in [0.1, 0.15) is 5.58 Å². The summed E-state index contributed by atoms with van der Waals surface area (Å²) in [5, 5.41) is 3.62. The number of para-hydroxylation sites is 1. The van der Waals surface area contributed by atoms with E-state index in [1.165, 1.54) is 6.07 Å². The van der Waals surface area contributed by atoms with Gasteiger partial charge in [0.25, 0.3) is 0 Å². The number of benzene rings is 2. The molecule has 0 atom stereocenters. The molecule has 1 aromatic heterocycles. The highest BCUT2D eigenvalue weighted by Crippen LogP contribution is 2.33. The second-order valence-corrected chi connectivity index (χ2v) is 6.48. The number of nitrogens with zero attached hydrogens (tertiary/aromatic N) is 2. The highest BCUT2D eigenvalue weighted by atomic mass is 16.4. The van der Waals surface area contributed by atoms with Gasteiger partial charge in [0, 0.05) is 42.0 Å². The van der Waals surface area contributed by atoms with Crippen molar-refractivity contribution >= 4 is 34.1 Å². The molecule has 0 unspecified atom stereocenters. The van der Waals surface area contributed by atoms with Gasteiger partial charge in [0.15, 0.2) is 0 Å². The molecule has 138 valence electrons. The summed E-state index contributed by atoms with van der Waals surface area (Å²) in [7, 11) is 0. The van der Waals surface area contributed by atoms with Crippen molar-refractivity contribution in [2.75, 3.05) is 28.2 Å². The zero-order valence-electron chi connectivity index (χ0n) is 15.4. The first-order valence-electron chi connectivity index (χ1n) is 9.10. The quantitative estimate of drug-likeness (QED) is 0.706. The van der Waals surface area contributed by atoms with Crippen molar-refractivity contribution in [3.8, 4) is 0 Å². The number of fused-ring (bicyclic) bond motifs is 2. The molecule has 2 heterocycles. The first-order valence-corrected chi connectivity index (χ1v) is 9.10. The van der Waals surface area contributed by atoms with Gasteiger partial charge in [-0.1, -0.05) is 18.2 Å². The first-order chi connectivity index (χ1) is 13.1. The summed E-state index contributed by atoms with van der Waals surface area (Å²) in [5.74, 6) is 0. The Hall–Kier alpha value is -3.28. The highest BCUT2D eigenvalue weighted by Gasteiger charge is 2.26. The normalized spacial score (nSPS) is 13.4. The predicted octanol–water partition coefficient (Wildman–Crippen LogP) is 4.19. The second-order valence-electron chi connectivity index (χ2n) is 6.48. The van der Waals surface area contributed by atoms with Crippen molar-refractivity contribution in [2.24, 2.45) is 0 Å². The molecular weight excluding hydrogens is 342 g/mol. The van der Waals surface area contributed by atoms with Crippen LogP contribution in [0.1, 0.15) is 19.4 Å². The van der Waals surface area contributed by atoms with Crippen molar-refractivity contribution in [3.63, 3.8) is 0 Å². The van der Waals surface area contributed by atoms with E-state index in [9.17, 15) is 9.59 Å². The van der Waals surface area contributed by atoms with Crippen molar-refractivity contribution in [1.82, 2.24) is 0 Å². The number of anilines is 3. The Labute approximate surface area is 157 Å². The Morgan fingerprint density at radius 3 is 2.63 bits per heavy atom. The lowest BCUT2D eigenvalue weighted by molar-refractivity contribution is 0.256. The Morgan fingerprint density at radius 2 is 1.85 bits per heavy atom. The van der Waals surface area contributed by atoms with E-state index in [-0.39, 0.29) is 6.03 Å². The first kappa shape index (κ1) is 17.1. The predicted molar refractivity (Wildman–Crippen MR) is 108 cm³/mol. The summed E-state index contributed by atoms with van der Waals surface area (Å²) in [6.45, 7) is 6.28. The largest absolute Gasteiger partial charge is 0.423 e. The minimum atomic E-state index is -0.471. The summed E-state index contributed by atoms with van der Waals surface area (Å²) in [6.07, 6.45) is 0. The van der Waals surface area contributed by atoms with Gasteiger partial charge >= 0.3 is 11.7 Å². The molecule has 27 heavy (non-hydrogen) atoms. The molecule has 0 saturated heterocycles. The molecule has 0 radical (unpaired) electrons. The Morgan fingerprint density at radius 1 is 1.07 bits per heavy atom. The maximum atomic E-state index is 12.7. The standard InChI is InChI=1S/C21H21N3O3/c1-3-23(4-2)15-9-10-16-18(12-20(25)27-19(16)11-15)24-13-14-7-5-6-8-17(14)22-21(24)26/h5-12H,3-4,13H2,1-2H3,(H,22,26). The lowest BCUT2D eigenvalue weighted by Crippen LogP contribution is -2.39. The molecule has 2 amide bonds. The van der Waals surface area contributed by atoms with E-state index < -0.39 is 5.63 Å². The van der Waals surface area contributed by atoms with Crippen LogP contribution in [0.25, 0.3) is 11.0 Å². The molecule has 2 aromatic carbocycles. The minimum Gasteiger partial charge on any atom is -0.423 e. The van der Waals surface area contributed by atoms with E-state index in [1.54, 1.807) is 4.90 Å². The maximum Gasteiger partial charge on any atom is 0.338 e. The smallest absolute Gasteiger partial charge is 0.338 e. The van der Waals surface area contributed by atoms with Gasteiger partial charge < -0.3 is 14.6 Å². The zero-order chi connectivity index (χ0) is 19.0. The number of nitrogens with one attached hydrogen (secondary N) is 1. The number of rotatable bonds is 4. The molecule has 0 spiro atoms. The zero-order valence-corrected chi connectivity index (χ0v) is 15.4. The lowest BCUT2D eigenvalue weighted by Gasteiger charge is -2.30. The lowest BCUT2D eigenvalue weighted by atomic mass is 10.1. The van der Waals surface area contributed by atoms with E-state index in [2.05, 4.69) is 24.1 Å². The van der Waals surface area contributed by atoms with Crippen LogP contribution < -0.4 is 20.7 Å². The van der Waals surface area contributed by atoms with Crippen molar-refractivity contribution in [1.29, 1.82) is 0 Å². The van der Waals surface area contributed by atoms with E-state index in [0.29, 0.717) is 17.8 Å². The van der Waals surface area contributed by atoms with Crippen LogP contribution in [0.2, 0.25) is 0 Å². The number of hydrogen-bond acceptors (Lipinski definition) is 4. The van der Waals surface area contributed by atoms with Crippen LogP contribution >= 0.6 is 0 Å². The summed E-state index contributed by atoms with van der Waals surface area (Å²) >= 11 is 0. The number of urea groups is 1. The average Bonchev–Trinajstić information content (AvgIpc) is 2.67. The third-order valence-electron chi connectivity index (χ3n) is 4.96. The number of carbonyl (C=O) groups is 1. The van der Waals surface area contributed by atoms with Crippen LogP contribution in [0, 0.1) is 0 Å². The average molecular weight is 363 g/mol. The van der Waals surface area contributed by atoms with Crippen LogP contribution in [0.5, 0.6) is 0 Å². The number of amides is 2. The maximum absolute atomic E-state index is 12.7. The Balaban J connectivity index is 1.82. The molecule has 3 aromatic rings. The fourth-order valence-corrected chi connectivity index (χ4v) is 3.54. The van der Waals surface area contributed by atoms with E-state index in [1.807, 2.05) is 42.5 Å². The van der Waals surface area contributed by atoms with E-state index >= 15 is 0 Å². The van der Waals surface area contributed by atoms with Crippen LogP contribution in [0.3, 0.4) is 0 Å². The Kier molecular flexibility index (Phi) is 4.32. The molecule has 6 heteroatoms. The molecule has 1 aliphatic rings. The molecule has 0 fully saturated rings. The van der Waals surface area contributed by atoms with Gasteiger partial charge in [0.2, 0.25) is 0 Å². The third-order valence-corrected chi connectivity index (χ3v) is 4.96. The van der Waals surface area contributed by atoms with Gasteiger partial charge in [0.05, 0.1) is 12.2 Å².